The number of carbonyl (C=O) groups is 1. The van der Waals surface area contributed by atoms with Gasteiger partial charge >= 0.3 is 0 Å². The van der Waals surface area contributed by atoms with Crippen LogP contribution in [0, 0.1) is 11.8 Å². The van der Waals surface area contributed by atoms with Crippen molar-refractivity contribution in [2.24, 2.45) is 11.8 Å². The summed E-state index contributed by atoms with van der Waals surface area (Å²) in [5, 5.41) is 10.7. The second kappa shape index (κ2) is 7.06. The van der Waals surface area contributed by atoms with Crippen molar-refractivity contribution >= 4 is 22.3 Å². The van der Waals surface area contributed by atoms with E-state index in [1.807, 2.05) is 0 Å². The highest BCUT2D eigenvalue weighted by Gasteiger charge is 2.39. The maximum absolute atomic E-state index is 13.7. The van der Waals surface area contributed by atoms with Gasteiger partial charge in [0.2, 0.25) is 0 Å². The quantitative estimate of drug-likeness (QED) is 0.780. The largest absolute Gasteiger partial charge is 0.396 e. The highest BCUT2D eigenvalue weighted by molar-refractivity contribution is 6.00. The van der Waals surface area contributed by atoms with Gasteiger partial charge in [0.05, 0.1) is 0 Å². The topological polar surface area (TPSA) is 56.3 Å². The van der Waals surface area contributed by atoms with Gasteiger partial charge in [-0.3, -0.25) is 9.69 Å². The number of ketones is 1. The third-order valence-corrected chi connectivity index (χ3v) is 7.17. The number of aromatic nitrogens is 1. The normalized spacial score (nSPS) is 26.1. The number of likely N-dealkylation sites (N-methyl/N-ethyl adjacent to an activating group) is 1. The standard InChI is InChI=1S/C24H29FN2O2/c1-13(25)16(12-28)9-22(29)15-8-18-17-4-3-5-20-23(17)19(10-21(18)27(2)11-15)24(26-20)14-6-7-14/h3-5,8,13-16,21,26,28H,6-7,9-12H2,1-2H3. The van der Waals surface area contributed by atoms with E-state index < -0.39 is 12.1 Å². The van der Waals surface area contributed by atoms with Crippen LogP contribution >= 0.6 is 0 Å². The number of nitrogens with zero attached hydrogens (tertiary/aromatic N) is 1. The molecule has 0 bridgehead atoms. The molecule has 29 heavy (non-hydrogen) atoms. The molecule has 4 nitrogen and oxygen atoms in total. The molecular formula is C24H29FN2O2. The van der Waals surface area contributed by atoms with Crippen molar-refractivity contribution in [3.8, 4) is 0 Å². The average molecular weight is 397 g/mol. The number of aliphatic hydroxyl groups is 1. The zero-order chi connectivity index (χ0) is 20.3. The van der Waals surface area contributed by atoms with E-state index in [1.54, 1.807) is 0 Å². The second-order valence-corrected chi connectivity index (χ2v) is 9.20. The summed E-state index contributed by atoms with van der Waals surface area (Å²) in [5.41, 5.74) is 6.54. The highest BCUT2D eigenvalue weighted by Crippen LogP contribution is 2.48. The fraction of sp³-hybridized carbons (Fsp3) is 0.542. The Kier molecular flexibility index (Phi) is 4.63. The first-order valence-corrected chi connectivity index (χ1v) is 10.8. The molecular weight excluding hydrogens is 367 g/mol. The Morgan fingerprint density at radius 3 is 2.86 bits per heavy atom. The number of carbonyl (C=O) groups excluding carboxylic acids is 1. The number of hydrogen-bond acceptors (Lipinski definition) is 3. The van der Waals surface area contributed by atoms with Gasteiger partial charge in [-0.2, -0.15) is 0 Å². The highest BCUT2D eigenvalue weighted by atomic mass is 19.1. The number of H-pyrrole nitrogens is 1. The summed E-state index contributed by atoms with van der Waals surface area (Å²) in [5.74, 6) is -0.164. The number of fused-ring (bicyclic) bond motifs is 2. The van der Waals surface area contributed by atoms with Crippen molar-refractivity contribution in [1.82, 2.24) is 9.88 Å². The predicted octanol–water partition coefficient (Wildman–Crippen LogP) is 3.84. The molecule has 2 aliphatic carbocycles. The molecule has 1 aromatic heterocycles. The lowest BCUT2D eigenvalue weighted by Crippen LogP contribution is -2.44. The summed E-state index contributed by atoms with van der Waals surface area (Å²) in [6, 6.07) is 6.70. The smallest absolute Gasteiger partial charge is 0.141 e. The van der Waals surface area contributed by atoms with Gasteiger partial charge in [-0.25, -0.2) is 4.39 Å². The first kappa shape index (κ1) is 19.0. The zero-order valence-corrected chi connectivity index (χ0v) is 17.1. The molecule has 2 N–H and O–H groups in total. The number of hydrogen-bond donors (Lipinski definition) is 2. The Morgan fingerprint density at radius 2 is 2.17 bits per heavy atom. The van der Waals surface area contributed by atoms with Crippen molar-refractivity contribution in [3.63, 3.8) is 0 Å². The van der Waals surface area contributed by atoms with Crippen LogP contribution in [0.3, 0.4) is 0 Å². The van der Waals surface area contributed by atoms with Crippen molar-refractivity contribution in [2.75, 3.05) is 20.2 Å². The van der Waals surface area contributed by atoms with E-state index in [2.05, 4.69) is 41.2 Å². The molecule has 2 aromatic rings. The predicted molar refractivity (Wildman–Crippen MR) is 113 cm³/mol. The molecule has 2 heterocycles. The molecule has 4 atom stereocenters. The van der Waals surface area contributed by atoms with E-state index in [0.29, 0.717) is 12.5 Å². The van der Waals surface area contributed by atoms with Crippen LogP contribution < -0.4 is 0 Å². The fourth-order valence-corrected chi connectivity index (χ4v) is 5.27. The molecule has 0 spiro atoms. The molecule has 1 aliphatic heterocycles. The van der Waals surface area contributed by atoms with Gasteiger partial charge in [0, 0.05) is 54.0 Å². The minimum absolute atomic E-state index is 0.0251. The molecule has 5 heteroatoms. The Bertz CT molecular complexity index is 988. The summed E-state index contributed by atoms with van der Waals surface area (Å²) in [4.78, 5) is 18.9. The fourth-order valence-electron chi connectivity index (χ4n) is 5.27. The van der Waals surface area contributed by atoms with Gasteiger partial charge in [-0.1, -0.05) is 18.2 Å². The third kappa shape index (κ3) is 3.15. The summed E-state index contributed by atoms with van der Waals surface area (Å²) >= 11 is 0. The Hall–Kier alpha value is -1.98. The first-order chi connectivity index (χ1) is 14.0. The maximum Gasteiger partial charge on any atom is 0.141 e. The molecule has 1 saturated carbocycles. The van der Waals surface area contributed by atoms with E-state index in [9.17, 15) is 14.3 Å². The lowest BCUT2D eigenvalue weighted by atomic mass is 9.77. The van der Waals surface area contributed by atoms with Crippen LogP contribution in [0.25, 0.3) is 16.5 Å². The van der Waals surface area contributed by atoms with Crippen LogP contribution in [0.5, 0.6) is 0 Å². The van der Waals surface area contributed by atoms with Crippen molar-refractivity contribution in [2.45, 2.75) is 50.7 Å². The van der Waals surface area contributed by atoms with Gasteiger partial charge in [0.15, 0.2) is 0 Å². The lowest BCUT2D eigenvalue weighted by Gasteiger charge is -2.40. The molecule has 0 amide bonds. The number of aliphatic hydroxyl groups excluding tert-OH is 1. The molecule has 4 unspecified atom stereocenters. The number of benzene rings is 1. The third-order valence-electron chi connectivity index (χ3n) is 7.17. The van der Waals surface area contributed by atoms with Crippen molar-refractivity contribution < 1.29 is 14.3 Å². The summed E-state index contributed by atoms with van der Waals surface area (Å²) in [6.45, 7) is 1.78. The number of Topliss-reactive ketones (excluding diaryl/α,β-unsaturated/α-hetero) is 1. The molecule has 3 aliphatic rings. The molecule has 154 valence electrons. The minimum atomic E-state index is -1.18. The van der Waals surface area contributed by atoms with Crippen LogP contribution in [-0.2, 0) is 11.2 Å². The number of aromatic amines is 1. The zero-order valence-electron chi connectivity index (χ0n) is 17.1. The molecule has 5 rings (SSSR count). The number of nitrogens with one attached hydrogen (secondary N) is 1. The van der Waals surface area contributed by atoms with Gasteiger partial charge in [-0.05, 0) is 61.9 Å². The monoisotopic (exact) mass is 396 g/mol. The summed E-state index contributed by atoms with van der Waals surface area (Å²) in [7, 11) is 2.09. The average Bonchev–Trinajstić information content (AvgIpc) is 3.48. The Balaban J connectivity index is 1.53. The van der Waals surface area contributed by atoms with Gasteiger partial charge in [-0.15, -0.1) is 0 Å². The van der Waals surface area contributed by atoms with Crippen LogP contribution in [-0.4, -0.2) is 53.2 Å². The minimum Gasteiger partial charge on any atom is -0.396 e. The first-order valence-electron chi connectivity index (χ1n) is 10.8. The molecule has 0 radical (unpaired) electrons. The van der Waals surface area contributed by atoms with Crippen LogP contribution in [0.15, 0.2) is 24.3 Å². The molecule has 1 fully saturated rings. The van der Waals surface area contributed by atoms with Crippen molar-refractivity contribution in [3.05, 3.63) is 41.1 Å². The van der Waals surface area contributed by atoms with Crippen LogP contribution in [0.2, 0.25) is 0 Å². The summed E-state index contributed by atoms with van der Waals surface area (Å²) < 4.78 is 13.7. The Morgan fingerprint density at radius 1 is 1.38 bits per heavy atom. The van der Waals surface area contributed by atoms with Gasteiger partial charge < -0.3 is 10.1 Å². The van der Waals surface area contributed by atoms with E-state index in [1.165, 1.54) is 53.1 Å². The van der Waals surface area contributed by atoms with E-state index in [0.717, 1.165) is 6.42 Å². The van der Waals surface area contributed by atoms with Crippen LogP contribution in [0.1, 0.15) is 48.9 Å². The molecule has 1 aromatic carbocycles. The number of rotatable bonds is 6. The molecule has 0 saturated heterocycles. The maximum atomic E-state index is 13.7. The second-order valence-electron chi connectivity index (χ2n) is 9.20. The van der Waals surface area contributed by atoms with E-state index in [-0.39, 0.29) is 30.8 Å². The SMILES string of the molecule is CC(F)C(CO)CC(=O)C1C=C2c3cccc4[nH]c(C5CC5)c(c34)CC2N(C)C1. The summed E-state index contributed by atoms with van der Waals surface area (Å²) in [6.07, 6.45) is 4.56. The Labute approximate surface area is 170 Å². The van der Waals surface area contributed by atoms with E-state index >= 15 is 0 Å². The lowest BCUT2D eigenvalue weighted by molar-refractivity contribution is -0.124. The van der Waals surface area contributed by atoms with Crippen LogP contribution in [0.4, 0.5) is 4.39 Å². The van der Waals surface area contributed by atoms with Crippen molar-refractivity contribution in [1.29, 1.82) is 0 Å². The van der Waals surface area contributed by atoms with Gasteiger partial charge in [0.25, 0.3) is 0 Å². The number of halogens is 1. The number of alkyl halides is 1. The van der Waals surface area contributed by atoms with E-state index in [4.69, 9.17) is 0 Å². The van der Waals surface area contributed by atoms with Gasteiger partial charge in [0.1, 0.15) is 12.0 Å².